The number of hydrogen-bond acceptors (Lipinski definition) is 3. The van der Waals surface area contributed by atoms with Gasteiger partial charge in [-0.1, -0.05) is 37.3 Å². The van der Waals surface area contributed by atoms with Crippen molar-refractivity contribution >= 4 is 12.4 Å². The number of hydrogen-bond donors (Lipinski definition) is 0. The Balaban J connectivity index is 0.00000240. The Morgan fingerprint density at radius 1 is 1.10 bits per heavy atom. The summed E-state index contributed by atoms with van der Waals surface area (Å²) in [4.78, 5) is 7.07. The van der Waals surface area contributed by atoms with Crippen molar-refractivity contribution in [2.75, 3.05) is 13.1 Å². The van der Waals surface area contributed by atoms with E-state index in [-0.39, 0.29) is 12.4 Å². The highest BCUT2D eigenvalue weighted by Gasteiger charge is 2.22. The monoisotopic (exact) mass is 413 g/mol. The van der Waals surface area contributed by atoms with Crippen LogP contribution in [0.3, 0.4) is 0 Å². The first-order valence-electron chi connectivity index (χ1n) is 10.4. The van der Waals surface area contributed by atoms with Crippen LogP contribution in [0.25, 0.3) is 11.3 Å². The van der Waals surface area contributed by atoms with Crippen LogP contribution in [-0.4, -0.2) is 43.4 Å². The molecule has 1 fully saturated rings. The van der Waals surface area contributed by atoms with Crippen molar-refractivity contribution in [3.8, 4) is 11.3 Å². The van der Waals surface area contributed by atoms with Crippen LogP contribution in [-0.2, 0) is 13.1 Å². The number of halogens is 1. The van der Waals surface area contributed by atoms with E-state index in [9.17, 15) is 0 Å². The Labute approximate surface area is 180 Å². The number of nitrogens with zero attached hydrogens (tertiary/aromatic N) is 5. The average molecular weight is 414 g/mol. The van der Waals surface area contributed by atoms with Crippen LogP contribution in [0.4, 0.5) is 0 Å². The van der Waals surface area contributed by atoms with Gasteiger partial charge in [0.1, 0.15) is 0 Å². The summed E-state index contributed by atoms with van der Waals surface area (Å²) in [5, 5.41) is 4.65. The van der Waals surface area contributed by atoms with Crippen molar-refractivity contribution in [3.63, 3.8) is 0 Å². The lowest BCUT2D eigenvalue weighted by Crippen LogP contribution is -2.41. The Morgan fingerprint density at radius 2 is 1.83 bits per heavy atom. The number of likely N-dealkylation sites (tertiary alicyclic amines) is 1. The second-order valence-electron chi connectivity index (χ2n) is 8.29. The Bertz CT molecular complexity index is 893. The van der Waals surface area contributed by atoms with Crippen molar-refractivity contribution in [1.29, 1.82) is 0 Å². The lowest BCUT2D eigenvalue weighted by molar-refractivity contribution is 0.135. The minimum atomic E-state index is 0. The number of benzene rings is 1. The molecule has 156 valence electrons. The molecule has 1 unspecified atom stereocenters. The molecule has 1 saturated heterocycles. The summed E-state index contributed by atoms with van der Waals surface area (Å²) >= 11 is 0. The maximum atomic E-state index is 4.65. The quantitative estimate of drug-likeness (QED) is 0.590. The average Bonchev–Trinajstić information content (AvgIpc) is 3.30. The van der Waals surface area contributed by atoms with E-state index in [0.29, 0.717) is 6.04 Å². The molecular weight excluding hydrogens is 382 g/mol. The maximum absolute atomic E-state index is 4.65. The van der Waals surface area contributed by atoms with Gasteiger partial charge in [0.25, 0.3) is 0 Å². The number of rotatable bonds is 6. The van der Waals surface area contributed by atoms with Gasteiger partial charge in [-0.05, 0) is 51.3 Å². The molecule has 4 rings (SSSR count). The zero-order chi connectivity index (χ0) is 19.5. The van der Waals surface area contributed by atoms with Crippen molar-refractivity contribution in [2.24, 2.45) is 5.92 Å². The molecule has 1 aliphatic heterocycles. The SMILES string of the molecule is Cc1c(-c2cncn2CC(C)N2CCC(C)CC2)cnn1Cc1ccccc1.Cl. The third kappa shape index (κ3) is 4.90. The third-order valence-electron chi connectivity index (χ3n) is 6.17. The minimum Gasteiger partial charge on any atom is -0.329 e. The molecule has 6 heteroatoms. The summed E-state index contributed by atoms with van der Waals surface area (Å²) in [6.45, 7) is 11.0. The fraction of sp³-hybridized carbons (Fsp3) is 0.478. The van der Waals surface area contributed by atoms with Gasteiger partial charge < -0.3 is 4.57 Å². The Hall–Kier alpha value is -2.11. The Morgan fingerprint density at radius 3 is 2.55 bits per heavy atom. The van der Waals surface area contributed by atoms with Crippen LogP contribution in [0, 0.1) is 12.8 Å². The molecule has 0 bridgehead atoms. The lowest BCUT2D eigenvalue weighted by atomic mass is 9.98. The van der Waals surface area contributed by atoms with Gasteiger partial charge in [-0.25, -0.2) is 4.98 Å². The van der Waals surface area contributed by atoms with Gasteiger partial charge >= 0.3 is 0 Å². The predicted octanol–water partition coefficient (Wildman–Crippen LogP) is 4.65. The molecule has 1 aromatic carbocycles. The summed E-state index contributed by atoms with van der Waals surface area (Å²) in [7, 11) is 0. The van der Waals surface area contributed by atoms with Crippen LogP contribution in [0.15, 0.2) is 49.1 Å². The molecule has 1 atom stereocenters. The number of imidazole rings is 1. The highest BCUT2D eigenvalue weighted by atomic mass is 35.5. The first-order valence-corrected chi connectivity index (χ1v) is 10.4. The second-order valence-corrected chi connectivity index (χ2v) is 8.29. The standard InChI is InChI=1S/C23H31N5.ClH/c1-18-9-11-26(12-10-18)19(2)15-27-17-24-14-23(27)22-13-25-28(20(22)3)16-21-7-5-4-6-8-21;/h4-8,13-14,17-19H,9-12,15-16H2,1-3H3;1H. The largest absolute Gasteiger partial charge is 0.329 e. The van der Waals surface area contributed by atoms with E-state index in [1.807, 2.05) is 24.8 Å². The first kappa shape index (κ1) is 21.6. The molecule has 1 aliphatic rings. The summed E-state index contributed by atoms with van der Waals surface area (Å²) < 4.78 is 4.37. The third-order valence-corrected chi connectivity index (χ3v) is 6.17. The highest BCUT2D eigenvalue weighted by molar-refractivity contribution is 5.85. The van der Waals surface area contributed by atoms with Gasteiger partial charge in [-0.2, -0.15) is 5.10 Å². The molecular formula is C23H32ClN5. The molecule has 3 aromatic rings. The van der Waals surface area contributed by atoms with E-state index in [2.05, 4.69) is 69.3 Å². The Kier molecular flexibility index (Phi) is 7.14. The zero-order valence-electron chi connectivity index (χ0n) is 17.7. The van der Waals surface area contributed by atoms with Crippen molar-refractivity contribution in [2.45, 2.75) is 52.7 Å². The molecule has 0 N–H and O–H groups in total. The van der Waals surface area contributed by atoms with Crippen LogP contribution in [0.1, 0.15) is 37.9 Å². The molecule has 0 aliphatic carbocycles. The number of piperidine rings is 1. The van der Waals surface area contributed by atoms with Gasteiger partial charge in [0.05, 0.1) is 31.0 Å². The normalized spacial score (nSPS) is 16.5. The van der Waals surface area contributed by atoms with E-state index in [1.165, 1.54) is 42.8 Å². The van der Waals surface area contributed by atoms with E-state index in [1.54, 1.807) is 0 Å². The minimum absolute atomic E-state index is 0. The fourth-order valence-electron chi connectivity index (χ4n) is 4.17. The molecule has 3 heterocycles. The van der Waals surface area contributed by atoms with E-state index in [4.69, 9.17) is 0 Å². The lowest BCUT2D eigenvalue weighted by Gasteiger charge is -2.35. The first-order chi connectivity index (χ1) is 13.6. The molecule has 0 radical (unpaired) electrons. The molecule has 0 saturated carbocycles. The summed E-state index contributed by atoms with van der Waals surface area (Å²) in [5.74, 6) is 0.866. The summed E-state index contributed by atoms with van der Waals surface area (Å²) in [6, 6.07) is 11.0. The topological polar surface area (TPSA) is 38.9 Å². The fourth-order valence-corrected chi connectivity index (χ4v) is 4.17. The molecule has 0 spiro atoms. The van der Waals surface area contributed by atoms with Gasteiger partial charge in [-0.15, -0.1) is 12.4 Å². The van der Waals surface area contributed by atoms with Crippen LogP contribution < -0.4 is 0 Å². The van der Waals surface area contributed by atoms with Crippen LogP contribution in [0.5, 0.6) is 0 Å². The summed E-state index contributed by atoms with van der Waals surface area (Å²) in [6.07, 6.45) is 8.55. The van der Waals surface area contributed by atoms with Crippen molar-refractivity contribution in [1.82, 2.24) is 24.2 Å². The van der Waals surface area contributed by atoms with Crippen molar-refractivity contribution in [3.05, 3.63) is 60.3 Å². The van der Waals surface area contributed by atoms with Gasteiger partial charge in [0.2, 0.25) is 0 Å². The molecule has 5 nitrogen and oxygen atoms in total. The van der Waals surface area contributed by atoms with Crippen LogP contribution >= 0.6 is 12.4 Å². The maximum Gasteiger partial charge on any atom is 0.0951 e. The van der Waals surface area contributed by atoms with Gasteiger partial charge in [-0.3, -0.25) is 9.58 Å². The molecule has 0 amide bonds. The summed E-state index contributed by atoms with van der Waals surface area (Å²) in [5.41, 5.74) is 4.79. The number of aromatic nitrogens is 4. The van der Waals surface area contributed by atoms with Gasteiger partial charge in [0.15, 0.2) is 0 Å². The van der Waals surface area contributed by atoms with Gasteiger partial charge in [0, 0.05) is 23.8 Å². The van der Waals surface area contributed by atoms with Crippen LogP contribution in [0.2, 0.25) is 0 Å². The van der Waals surface area contributed by atoms with E-state index in [0.717, 1.165) is 24.7 Å². The van der Waals surface area contributed by atoms with E-state index >= 15 is 0 Å². The molecule has 2 aromatic heterocycles. The zero-order valence-corrected chi connectivity index (χ0v) is 18.5. The smallest absolute Gasteiger partial charge is 0.0951 e. The molecule has 29 heavy (non-hydrogen) atoms. The van der Waals surface area contributed by atoms with Crippen molar-refractivity contribution < 1.29 is 0 Å². The second kappa shape index (κ2) is 9.59. The predicted molar refractivity (Wildman–Crippen MR) is 120 cm³/mol. The van der Waals surface area contributed by atoms with E-state index < -0.39 is 0 Å². The highest BCUT2D eigenvalue weighted by Crippen LogP contribution is 2.25.